The lowest BCUT2D eigenvalue weighted by atomic mass is 10.0. The maximum atomic E-state index is 12.8. The van der Waals surface area contributed by atoms with Crippen LogP contribution in [-0.2, 0) is 4.79 Å². The molecule has 1 aromatic carbocycles. The summed E-state index contributed by atoms with van der Waals surface area (Å²) in [4.78, 5) is 25.6. The zero-order valence-corrected chi connectivity index (χ0v) is 12.3. The van der Waals surface area contributed by atoms with Crippen LogP contribution < -0.4 is 9.47 Å². The second-order valence-electron chi connectivity index (χ2n) is 5.09. The molecule has 0 bridgehead atoms. The number of methoxy groups -OCH3 is 2. The first-order valence-corrected chi connectivity index (χ1v) is 6.76. The normalized spacial score (nSPS) is 21.2. The van der Waals surface area contributed by atoms with Crippen LogP contribution >= 0.6 is 0 Å². The number of hydrogen-bond donors (Lipinski definition) is 1. The summed E-state index contributed by atoms with van der Waals surface area (Å²) >= 11 is 0. The van der Waals surface area contributed by atoms with Gasteiger partial charge in [-0.15, -0.1) is 0 Å². The van der Waals surface area contributed by atoms with Gasteiger partial charge in [0, 0.05) is 6.54 Å². The molecule has 6 nitrogen and oxygen atoms in total. The van der Waals surface area contributed by atoms with Crippen LogP contribution in [0.4, 0.5) is 0 Å². The maximum absolute atomic E-state index is 12.8. The largest absolute Gasteiger partial charge is 0.496 e. The van der Waals surface area contributed by atoms with Crippen LogP contribution in [0.2, 0.25) is 0 Å². The number of amides is 1. The Hall–Kier alpha value is -2.24. The molecular formula is C15H19NO5. The summed E-state index contributed by atoms with van der Waals surface area (Å²) in [6, 6.07) is 4.22. The third-order valence-corrected chi connectivity index (χ3v) is 3.86. The van der Waals surface area contributed by atoms with Gasteiger partial charge in [0.05, 0.1) is 14.2 Å². The van der Waals surface area contributed by atoms with Crippen LogP contribution in [0.25, 0.3) is 0 Å². The molecule has 1 aliphatic heterocycles. The van der Waals surface area contributed by atoms with Gasteiger partial charge in [0.15, 0.2) is 0 Å². The summed E-state index contributed by atoms with van der Waals surface area (Å²) in [6.07, 6.45) is 0.667. The molecule has 1 aromatic rings. The second-order valence-corrected chi connectivity index (χ2v) is 5.09. The molecule has 114 valence electrons. The number of carbonyl (C=O) groups is 2. The van der Waals surface area contributed by atoms with Crippen molar-refractivity contribution >= 4 is 11.9 Å². The number of benzene rings is 1. The summed E-state index contributed by atoms with van der Waals surface area (Å²) in [5.41, 5.74) is 0.267. The molecule has 1 heterocycles. The summed E-state index contributed by atoms with van der Waals surface area (Å²) in [5.74, 6) is -0.679. The molecule has 6 heteroatoms. The van der Waals surface area contributed by atoms with E-state index in [4.69, 9.17) is 9.47 Å². The van der Waals surface area contributed by atoms with Gasteiger partial charge in [-0.2, -0.15) is 0 Å². The van der Waals surface area contributed by atoms with Gasteiger partial charge < -0.3 is 19.5 Å². The number of carboxylic acid groups (broad SMARTS) is 1. The molecule has 0 spiro atoms. The van der Waals surface area contributed by atoms with Gasteiger partial charge >= 0.3 is 5.97 Å². The number of hydrogen-bond acceptors (Lipinski definition) is 4. The highest BCUT2D eigenvalue weighted by molar-refractivity contribution is 6.01. The first kappa shape index (κ1) is 15.2. The molecule has 0 aromatic heterocycles. The summed E-state index contributed by atoms with van der Waals surface area (Å²) in [5, 5.41) is 9.35. The van der Waals surface area contributed by atoms with Gasteiger partial charge in [-0.1, -0.05) is 13.0 Å². The Bertz CT molecular complexity index is 535. The number of nitrogens with zero attached hydrogens (tertiary/aromatic N) is 1. The first-order chi connectivity index (χ1) is 10.0. The molecule has 0 aliphatic carbocycles. The lowest BCUT2D eigenvalue weighted by Crippen LogP contribution is -2.43. The van der Waals surface area contributed by atoms with Crippen molar-refractivity contribution in [2.75, 3.05) is 20.8 Å². The Morgan fingerprint density at radius 1 is 1.24 bits per heavy atom. The molecule has 0 radical (unpaired) electrons. The van der Waals surface area contributed by atoms with Gasteiger partial charge in [0.2, 0.25) is 0 Å². The topological polar surface area (TPSA) is 76.1 Å². The molecule has 2 unspecified atom stereocenters. The van der Waals surface area contributed by atoms with Gasteiger partial charge in [-0.05, 0) is 24.5 Å². The van der Waals surface area contributed by atoms with Crippen molar-refractivity contribution in [3.05, 3.63) is 23.8 Å². The van der Waals surface area contributed by atoms with E-state index in [0.29, 0.717) is 24.5 Å². The van der Waals surface area contributed by atoms with Gasteiger partial charge in [0.25, 0.3) is 5.91 Å². The number of aliphatic carboxylic acids is 1. The number of carbonyl (C=O) groups excluding carboxylic acids is 1. The minimum absolute atomic E-state index is 0.0767. The zero-order valence-electron chi connectivity index (χ0n) is 12.3. The predicted octanol–water partition coefficient (Wildman–Crippen LogP) is 1.64. The van der Waals surface area contributed by atoms with Crippen LogP contribution in [0.1, 0.15) is 23.7 Å². The van der Waals surface area contributed by atoms with Gasteiger partial charge in [0.1, 0.15) is 23.1 Å². The Morgan fingerprint density at radius 3 is 2.29 bits per heavy atom. The molecule has 21 heavy (non-hydrogen) atoms. The van der Waals surface area contributed by atoms with Crippen LogP contribution in [-0.4, -0.2) is 48.7 Å². The SMILES string of the molecule is COc1cccc(OC)c1C(=O)N1CCC(C)C1C(=O)O. The molecule has 1 fully saturated rings. The highest BCUT2D eigenvalue weighted by Crippen LogP contribution is 2.33. The first-order valence-electron chi connectivity index (χ1n) is 6.76. The quantitative estimate of drug-likeness (QED) is 0.913. The number of rotatable bonds is 4. The van der Waals surface area contributed by atoms with Crippen molar-refractivity contribution < 1.29 is 24.2 Å². The number of likely N-dealkylation sites (tertiary alicyclic amines) is 1. The fraction of sp³-hybridized carbons (Fsp3) is 0.467. The van der Waals surface area contributed by atoms with E-state index in [-0.39, 0.29) is 17.4 Å². The third-order valence-electron chi connectivity index (χ3n) is 3.86. The second kappa shape index (κ2) is 6.03. The Balaban J connectivity index is 2.42. The molecule has 0 saturated carbocycles. The smallest absolute Gasteiger partial charge is 0.326 e. The van der Waals surface area contributed by atoms with Crippen molar-refractivity contribution in [1.29, 1.82) is 0 Å². The van der Waals surface area contributed by atoms with E-state index in [1.54, 1.807) is 18.2 Å². The van der Waals surface area contributed by atoms with E-state index in [9.17, 15) is 14.7 Å². The van der Waals surface area contributed by atoms with E-state index in [2.05, 4.69) is 0 Å². The van der Waals surface area contributed by atoms with Crippen molar-refractivity contribution in [2.45, 2.75) is 19.4 Å². The monoisotopic (exact) mass is 293 g/mol. The minimum Gasteiger partial charge on any atom is -0.496 e. The average molecular weight is 293 g/mol. The molecular weight excluding hydrogens is 274 g/mol. The highest BCUT2D eigenvalue weighted by atomic mass is 16.5. The fourth-order valence-electron chi connectivity index (χ4n) is 2.76. The van der Waals surface area contributed by atoms with E-state index in [0.717, 1.165) is 0 Å². The molecule has 2 atom stereocenters. The van der Waals surface area contributed by atoms with Gasteiger partial charge in [-0.3, -0.25) is 4.79 Å². The van der Waals surface area contributed by atoms with Crippen LogP contribution in [0.15, 0.2) is 18.2 Å². The third kappa shape index (κ3) is 2.66. The number of ether oxygens (including phenoxy) is 2. The van der Waals surface area contributed by atoms with E-state index in [1.807, 2.05) is 6.92 Å². The lowest BCUT2D eigenvalue weighted by molar-refractivity contribution is -0.142. The van der Waals surface area contributed by atoms with Crippen LogP contribution in [0.3, 0.4) is 0 Å². The predicted molar refractivity (Wildman–Crippen MR) is 75.8 cm³/mol. The summed E-state index contributed by atoms with van der Waals surface area (Å²) in [6.45, 7) is 2.25. The molecule has 2 rings (SSSR count). The van der Waals surface area contributed by atoms with Crippen LogP contribution in [0.5, 0.6) is 11.5 Å². The minimum atomic E-state index is -0.984. The lowest BCUT2D eigenvalue weighted by Gasteiger charge is -2.25. The molecule has 1 saturated heterocycles. The Kier molecular flexibility index (Phi) is 4.35. The zero-order chi connectivity index (χ0) is 15.6. The average Bonchev–Trinajstić information content (AvgIpc) is 2.87. The van der Waals surface area contributed by atoms with Crippen molar-refractivity contribution in [2.24, 2.45) is 5.92 Å². The van der Waals surface area contributed by atoms with Crippen molar-refractivity contribution in [3.63, 3.8) is 0 Å². The summed E-state index contributed by atoms with van der Waals surface area (Å²) < 4.78 is 10.4. The Morgan fingerprint density at radius 2 is 1.81 bits per heavy atom. The standard InChI is InChI=1S/C15H19NO5/c1-9-7-8-16(13(9)15(18)19)14(17)12-10(20-2)5-4-6-11(12)21-3/h4-6,9,13H,7-8H2,1-3H3,(H,18,19). The highest BCUT2D eigenvalue weighted by Gasteiger charge is 2.41. The van der Waals surface area contributed by atoms with Crippen molar-refractivity contribution in [1.82, 2.24) is 4.90 Å². The molecule has 1 N–H and O–H groups in total. The molecule has 1 amide bonds. The maximum Gasteiger partial charge on any atom is 0.326 e. The molecule has 1 aliphatic rings. The Labute approximate surface area is 123 Å². The summed E-state index contributed by atoms with van der Waals surface area (Å²) in [7, 11) is 2.93. The van der Waals surface area contributed by atoms with Gasteiger partial charge in [-0.25, -0.2) is 4.79 Å². The fourth-order valence-corrected chi connectivity index (χ4v) is 2.76. The van der Waals surface area contributed by atoms with Crippen LogP contribution in [0, 0.1) is 5.92 Å². The van der Waals surface area contributed by atoms with E-state index < -0.39 is 12.0 Å². The number of carboxylic acids is 1. The van der Waals surface area contributed by atoms with E-state index >= 15 is 0 Å². The van der Waals surface area contributed by atoms with Crippen molar-refractivity contribution in [3.8, 4) is 11.5 Å². The van der Waals surface area contributed by atoms with E-state index in [1.165, 1.54) is 19.1 Å².